The fourth-order valence-corrected chi connectivity index (χ4v) is 3.21. The Bertz CT molecular complexity index is 803. The molecule has 0 fully saturated rings. The Morgan fingerprint density at radius 3 is 2.42 bits per heavy atom. The van der Waals surface area contributed by atoms with Crippen molar-refractivity contribution in [1.29, 1.82) is 0 Å². The van der Waals surface area contributed by atoms with Crippen LogP contribution in [-0.4, -0.2) is 23.5 Å². The summed E-state index contributed by atoms with van der Waals surface area (Å²) < 4.78 is 7.01. The highest BCUT2D eigenvalue weighted by atomic mass is 79.9. The second-order valence-electron chi connectivity index (χ2n) is 5.08. The molecule has 0 aliphatic heterocycles. The third-order valence-corrected chi connectivity index (χ3v) is 4.35. The highest BCUT2D eigenvalue weighted by molar-refractivity contribution is 9.11. The molecule has 0 saturated heterocycles. The third-order valence-electron chi connectivity index (χ3n) is 3.03. The Hall–Kier alpha value is -1.97. The maximum absolute atomic E-state index is 11.8. The quantitative estimate of drug-likeness (QED) is 0.434. The van der Waals surface area contributed by atoms with Crippen molar-refractivity contribution in [3.63, 3.8) is 0 Å². The normalized spacial score (nSPS) is 9.92. The van der Waals surface area contributed by atoms with Crippen LogP contribution in [0.15, 0.2) is 57.5 Å². The molecule has 0 aliphatic rings. The van der Waals surface area contributed by atoms with Crippen molar-refractivity contribution in [2.45, 2.75) is 6.42 Å². The molecule has 2 rings (SSSR count). The maximum atomic E-state index is 11.8. The first-order valence-corrected chi connectivity index (χ1v) is 9.44. The van der Waals surface area contributed by atoms with Gasteiger partial charge >= 0.3 is 0 Å². The monoisotopic (exact) mass is 499 g/mol. The number of halogens is 2. The molecule has 136 valence electrons. The average molecular weight is 501 g/mol. The lowest BCUT2D eigenvalue weighted by Gasteiger charge is -2.12. The van der Waals surface area contributed by atoms with E-state index in [2.05, 4.69) is 48.0 Å². The van der Waals surface area contributed by atoms with E-state index in [9.17, 15) is 9.59 Å². The number of thiocarbonyl (C=S) groups is 1. The van der Waals surface area contributed by atoms with Gasteiger partial charge in [0.25, 0.3) is 5.91 Å². The van der Waals surface area contributed by atoms with Gasteiger partial charge in [0, 0.05) is 4.47 Å². The van der Waals surface area contributed by atoms with Crippen LogP contribution in [0.2, 0.25) is 0 Å². The van der Waals surface area contributed by atoms with Gasteiger partial charge < -0.3 is 4.74 Å². The molecule has 0 atom stereocenters. The zero-order valence-corrected chi connectivity index (χ0v) is 17.4. The standard InChI is InChI=1S/C17H15Br2N3O3S/c18-12-6-7-14(13(19)9-12)25-10-16(24)20-17(26)22-21-15(23)8-11-4-2-1-3-5-11/h1-7,9H,8,10H2,(H,21,23)(H2,20,22,24,26). The molecule has 0 unspecified atom stereocenters. The zero-order chi connectivity index (χ0) is 18.9. The van der Waals surface area contributed by atoms with Crippen molar-refractivity contribution in [3.05, 3.63) is 63.0 Å². The lowest BCUT2D eigenvalue weighted by atomic mass is 10.1. The minimum atomic E-state index is -0.449. The molecule has 2 amide bonds. The van der Waals surface area contributed by atoms with Gasteiger partial charge in [-0.1, -0.05) is 46.3 Å². The Morgan fingerprint density at radius 2 is 1.73 bits per heavy atom. The first-order valence-electron chi connectivity index (χ1n) is 7.44. The average Bonchev–Trinajstić information content (AvgIpc) is 2.60. The molecule has 0 heterocycles. The molecule has 0 aliphatic carbocycles. The lowest BCUT2D eigenvalue weighted by Crippen LogP contribution is -2.49. The minimum Gasteiger partial charge on any atom is -0.483 e. The topological polar surface area (TPSA) is 79.5 Å². The van der Waals surface area contributed by atoms with Crippen LogP contribution in [0.25, 0.3) is 0 Å². The van der Waals surface area contributed by atoms with Gasteiger partial charge in [-0.15, -0.1) is 0 Å². The predicted molar refractivity (Wildman–Crippen MR) is 110 cm³/mol. The molecule has 0 spiro atoms. The lowest BCUT2D eigenvalue weighted by molar-refractivity contribution is -0.122. The van der Waals surface area contributed by atoms with Crippen molar-refractivity contribution in [2.75, 3.05) is 6.61 Å². The summed E-state index contributed by atoms with van der Waals surface area (Å²) in [5.74, 6) is -0.198. The van der Waals surface area contributed by atoms with E-state index in [1.807, 2.05) is 36.4 Å². The molecular weight excluding hydrogens is 486 g/mol. The number of carbonyl (C=O) groups is 2. The molecule has 6 nitrogen and oxygen atoms in total. The summed E-state index contributed by atoms with van der Waals surface area (Å²) in [6, 6.07) is 14.6. The number of hydrogen-bond donors (Lipinski definition) is 3. The van der Waals surface area contributed by atoms with E-state index in [1.54, 1.807) is 12.1 Å². The minimum absolute atomic E-state index is 0.0186. The third kappa shape index (κ3) is 7.11. The van der Waals surface area contributed by atoms with Crippen molar-refractivity contribution in [3.8, 4) is 5.75 Å². The van der Waals surface area contributed by atoms with Crippen LogP contribution in [0.1, 0.15) is 5.56 Å². The number of benzene rings is 2. The fraction of sp³-hybridized carbons (Fsp3) is 0.118. The van der Waals surface area contributed by atoms with Crippen molar-refractivity contribution in [1.82, 2.24) is 16.2 Å². The van der Waals surface area contributed by atoms with Crippen molar-refractivity contribution >= 4 is 61.0 Å². The van der Waals surface area contributed by atoms with E-state index < -0.39 is 5.91 Å². The predicted octanol–water partition coefficient (Wildman–Crippen LogP) is 2.86. The molecule has 9 heteroatoms. The van der Waals surface area contributed by atoms with Gasteiger partial charge in [0.1, 0.15) is 5.75 Å². The number of carbonyl (C=O) groups excluding carboxylic acids is 2. The van der Waals surface area contributed by atoms with Gasteiger partial charge in [-0.3, -0.25) is 25.8 Å². The summed E-state index contributed by atoms with van der Waals surface area (Å²) in [6.07, 6.45) is 0.200. The second-order valence-corrected chi connectivity index (χ2v) is 7.25. The summed E-state index contributed by atoms with van der Waals surface area (Å²) in [6.45, 7) is -0.222. The number of hydrogen-bond acceptors (Lipinski definition) is 4. The van der Waals surface area contributed by atoms with E-state index in [-0.39, 0.29) is 24.0 Å². The number of nitrogens with one attached hydrogen (secondary N) is 3. The van der Waals surface area contributed by atoms with Gasteiger partial charge in [-0.2, -0.15) is 0 Å². The SMILES string of the molecule is O=C(Cc1ccccc1)NNC(=S)NC(=O)COc1ccc(Br)cc1Br. The molecular formula is C17H15Br2N3O3S. The van der Waals surface area contributed by atoms with E-state index in [1.165, 1.54) is 0 Å². The molecule has 26 heavy (non-hydrogen) atoms. The van der Waals surface area contributed by atoms with E-state index in [0.29, 0.717) is 10.2 Å². The Labute approximate surface area is 172 Å². The van der Waals surface area contributed by atoms with Gasteiger partial charge in [0.15, 0.2) is 11.7 Å². The largest absolute Gasteiger partial charge is 0.483 e. The second kappa shape index (κ2) is 10.2. The van der Waals surface area contributed by atoms with Crippen LogP contribution in [0, 0.1) is 0 Å². The Kier molecular flexibility index (Phi) is 8.02. The molecule has 0 bridgehead atoms. The van der Waals surface area contributed by atoms with Gasteiger partial charge in [-0.25, -0.2) is 0 Å². The molecule has 2 aromatic carbocycles. The van der Waals surface area contributed by atoms with Crippen molar-refractivity contribution in [2.24, 2.45) is 0 Å². The van der Waals surface area contributed by atoms with Gasteiger partial charge in [0.05, 0.1) is 10.9 Å². The van der Waals surface area contributed by atoms with Crippen LogP contribution >= 0.6 is 44.1 Å². The number of hydrazine groups is 1. The smallest absolute Gasteiger partial charge is 0.264 e. The van der Waals surface area contributed by atoms with Crippen LogP contribution < -0.4 is 20.9 Å². The summed E-state index contributed by atoms with van der Waals surface area (Å²) in [5.41, 5.74) is 5.78. The number of ether oxygens (including phenoxy) is 1. The Morgan fingerprint density at radius 1 is 1.00 bits per heavy atom. The Balaban J connectivity index is 1.70. The molecule has 0 radical (unpaired) electrons. The zero-order valence-electron chi connectivity index (χ0n) is 13.4. The first-order chi connectivity index (χ1) is 12.4. The summed E-state index contributed by atoms with van der Waals surface area (Å²) in [4.78, 5) is 23.6. The van der Waals surface area contributed by atoms with Gasteiger partial charge in [0.2, 0.25) is 5.91 Å². The van der Waals surface area contributed by atoms with E-state index in [0.717, 1.165) is 10.0 Å². The van der Waals surface area contributed by atoms with E-state index in [4.69, 9.17) is 17.0 Å². The van der Waals surface area contributed by atoms with Crippen LogP contribution in [0.4, 0.5) is 0 Å². The van der Waals surface area contributed by atoms with E-state index >= 15 is 0 Å². The number of rotatable bonds is 5. The summed E-state index contributed by atoms with van der Waals surface area (Å²) in [5, 5.41) is 2.40. The first kappa shape index (κ1) is 20.3. The molecule has 2 aromatic rings. The molecule has 3 N–H and O–H groups in total. The van der Waals surface area contributed by atoms with Crippen LogP contribution in [0.5, 0.6) is 5.75 Å². The molecule has 0 saturated carbocycles. The van der Waals surface area contributed by atoms with Crippen molar-refractivity contribution < 1.29 is 14.3 Å². The molecule has 0 aromatic heterocycles. The van der Waals surface area contributed by atoms with Crippen LogP contribution in [0.3, 0.4) is 0 Å². The number of amides is 2. The summed E-state index contributed by atoms with van der Waals surface area (Å²) in [7, 11) is 0. The highest BCUT2D eigenvalue weighted by Gasteiger charge is 2.09. The van der Waals surface area contributed by atoms with Crippen LogP contribution in [-0.2, 0) is 16.0 Å². The maximum Gasteiger partial charge on any atom is 0.264 e. The fourth-order valence-electron chi connectivity index (χ4n) is 1.88. The van der Waals surface area contributed by atoms with Gasteiger partial charge in [-0.05, 0) is 51.9 Å². The highest BCUT2D eigenvalue weighted by Crippen LogP contribution is 2.27. The summed E-state index contributed by atoms with van der Waals surface area (Å²) >= 11 is 11.6.